The average molecular weight is 655 g/mol. The third kappa shape index (κ3) is 5.93. The number of nitrogens with one attached hydrogen (secondary N) is 2. The van der Waals surface area contributed by atoms with Gasteiger partial charge in [0.25, 0.3) is 5.56 Å². The lowest BCUT2D eigenvalue weighted by Crippen LogP contribution is -2.53. The van der Waals surface area contributed by atoms with E-state index < -0.39 is 0 Å². The van der Waals surface area contributed by atoms with Crippen LogP contribution in [0, 0.1) is 6.92 Å². The van der Waals surface area contributed by atoms with Gasteiger partial charge >= 0.3 is 0 Å². The molecule has 0 spiro atoms. The predicted molar refractivity (Wildman–Crippen MR) is 196 cm³/mol. The van der Waals surface area contributed by atoms with Crippen LogP contribution >= 0.6 is 0 Å². The summed E-state index contributed by atoms with van der Waals surface area (Å²) in [5.74, 6) is 1.25. The number of rotatable bonds is 7. The molecule has 2 aliphatic rings. The number of anilines is 2. The van der Waals surface area contributed by atoms with Crippen LogP contribution in [0.3, 0.4) is 0 Å². The number of hydrogen-bond donors (Lipinski definition) is 2. The SMILES string of the molecule is Cc1cccc2nc([C@H](C)Nc3ncnc4[nH]cc(-c5cncc(N6CCN(C7CCN(C)CC7)CC6)c5)c34)n(-c3ccccc3)c(=O)c12. The second-order valence-electron chi connectivity index (χ2n) is 13.4. The number of benzene rings is 2. The molecule has 4 aromatic heterocycles. The predicted octanol–water partition coefficient (Wildman–Crippen LogP) is 5.42. The molecule has 1 atom stereocenters. The second kappa shape index (κ2) is 13.1. The van der Waals surface area contributed by atoms with E-state index in [-0.39, 0.29) is 11.6 Å². The second-order valence-corrected chi connectivity index (χ2v) is 13.4. The number of aryl methyl sites for hydroxylation is 1. The van der Waals surface area contributed by atoms with Crippen LogP contribution in [0.15, 0.2) is 84.3 Å². The van der Waals surface area contributed by atoms with Gasteiger partial charge in [0.1, 0.15) is 23.6 Å². The molecule has 0 radical (unpaired) electrons. The molecule has 2 aliphatic heterocycles. The quantitative estimate of drug-likeness (QED) is 0.233. The van der Waals surface area contributed by atoms with E-state index in [1.54, 1.807) is 10.9 Å². The standard InChI is InChI=1S/C38H42N10O/c1-25-8-7-11-32-33(25)38(49)48(29-9-5-4-6-10-29)37(44-32)26(2)43-36-34-31(23-40-35(34)41-24-42-36)27-20-30(22-39-21-27)47-18-16-46(17-19-47)28-12-14-45(3)15-13-28/h4-11,20-24,26,28H,12-19H2,1-3H3,(H2,40,41,42,43)/t26-/m0/s1. The van der Waals surface area contributed by atoms with Crippen LogP contribution in [0.5, 0.6) is 0 Å². The Labute approximate surface area is 285 Å². The van der Waals surface area contributed by atoms with Gasteiger partial charge in [-0.2, -0.15) is 0 Å². The minimum atomic E-state index is -0.371. The molecule has 0 bridgehead atoms. The molecule has 8 rings (SSSR count). The summed E-state index contributed by atoms with van der Waals surface area (Å²) in [6, 6.07) is 18.0. The lowest BCUT2D eigenvalue weighted by Gasteiger charge is -2.42. The van der Waals surface area contributed by atoms with Crippen molar-refractivity contribution in [1.29, 1.82) is 0 Å². The van der Waals surface area contributed by atoms with E-state index in [1.807, 2.05) is 81.0 Å². The lowest BCUT2D eigenvalue weighted by molar-refractivity contribution is 0.115. The van der Waals surface area contributed by atoms with E-state index in [2.05, 4.69) is 48.1 Å². The molecule has 49 heavy (non-hydrogen) atoms. The van der Waals surface area contributed by atoms with Crippen molar-refractivity contribution in [3.05, 3.63) is 101 Å². The van der Waals surface area contributed by atoms with Crippen LogP contribution in [0.1, 0.15) is 37.2 Å². The summed E-state index contributed by atoms with van der Waals surface area (Å²) in [5.41, 5.74) is 6.04. The van der Waals surface area contributed by atoms with E-state index in [1.165, 1.54) is 25.9 Å². The number of hydrogen-bond acceptors (Lipinski definition) is 9. The van der Waals surface area contributed by atoms with Crippen molar-refractivity contribution in [2.45, 2.75) is 38.8 Å². The van der Waals surface area contributed by atoms with Crippen molar-refractivity contribution in [2.75, 3.05) is 56.5 Å². The molecular formula is C38H42N10O. The smallest absolute Gasteiger partial charge is 0.266 e. The molecule has 2 aromatic carbocycles. The summed E-state index contributed by atoms with van der Waals surface area (Å²) in [5, 5.41) is 5.09. The van der Waals surface area contributed by atoms with E-state index >= 15 is 0 Å². The lowest BCUT2D eigenvalue weighted by atomic mass is 10.0. The van der Waals surface area contributed by atoms with Gasteiger partial charge in [-0.3, -0.25) is 19.2 Å². The maximum atomic E-state index is 14.1. The van der Waals surface area contributed by atoms with Gasteiger partial charge in [0.05, 0.1) is 39.9 Å². The first-order chi connectivity index (χ1) is 23.9. The van der Waals surface area contributed by atoms with Gasteiger partial charge in [0, 0.05) is 55.7 Å². The molecule has 0 amide bonds. The van der Waals surface area contributed by atoms with Gasteiger partial charge < -0.3 is 20.1 Å². The Morgan fingerprint density at radius 3 is 2.49 bits per heavy atom. The highest BCUT2D eigenvalue weighted by Crippen LogP contribution is 2.35. The molecule has 0 unspecified atom stereocenters. The number of aromatic nitrogens is 6. The molecule has 2 saturated heterocycles. The summed E-state index contributed by atoms with van der Waals surface area (Å²) >= 11 is 0. The molecule has 2 fully saturated rings. The zero-order valence-electron chi connectivity index (χ0n) is 28.3. The minimum absolute atomic E-state index is 0.0943. The van der Waals surface area contributed by atoms with Gasteiger partial charge in [0.15, 0.2) is 0 Å². The average Bonchev–Trinajstić information content (AvgIpc) is 3.58. The normalized spacial score (nSPS) is 17.2. The summed E-state index contributed by atoms with van der Waals surface area (Å²) in [6.07, 6.45) is 9.92. The maximum absolute atomic E-state index is 14.1. The van der Waals surface area contributed by atoms with Crippen molar-refractivity contribution in [3.8, 4) is 16.8 Å². The molecule has 0 aliphatic carbocycles. The topological polar surface area (TPSA) is 111 Å². The van der Waals surface area contributed by atoms with Crippen molar-refractivity contribution >= 4 is 33.4 Å². The molecule has 6 heterocycles. The highest BCUT2D eigenvalue weighted by Gasteiger charge is 2.27. The zero-order valence-corrected chi connectivity index (χ0v) is 28.3. The van der Waals surface area contributed by atoms with Crippen molar-refractivity contribution in [2.24, 2.45) is 0 Å². The third-order valence-electron chi connectivity index (χ3n) is 10.3. The molecular weight excluding hydrogens is 612 g/mol. The van der Waals surface area contributed by atoms with E-state index in [0.29, 0.717) is 28.6 Å². The Bertz CT molecular complexity index is 2160. The summed E-state index contributed by atoms with van der Waals surface area (Å²) in [4.78, 5) is 44.0. The zero-order chi connectivity index (χ0) is 33.5. The van der Waals surface area contributed by atoms with E-state index in [0.717, 1.165) is 65.3 Å². The van der Waals surface area contributed by atoms with E-state index in [4.69, 9.17) is 9.97 Å². The Morgan fingerprint density at radius 1 is 0.898 bits per heavy atom. The largest absolute Gasteiger partial charge is 0.368 e. The number of fused-ring (bicyclic) bond motifs is 2. The number of aromatic amines is 1. The van der Waals surface area contributed by atoms with Gasteiger partial charge in [-0.15, -0.1) is 0 Å². The maximum Gasteiger partial charge on any atom is 0.266 e. The van der Waals surface area contributed by atoms with Crippen molar-refractivity contribution < 1.29 is 0 Å². The Hall–Kier alpha value is -5.13. The molecule has 6 aromatic rings. The van der Waals surface area contributed by atoms with Crippen LogP contribution in [0.25, 0.3) is 38.8 Å². The summed E-state index contributed by atoms with van der Waals surface area (Å²) in [6.45, 7) is 10.5. The first-order valence-corrected chi connectivity index (χ1v) is 17.2. The van der Waals surface area contributed by atoms with Crippen LogP contribution in [-0.2, 0) is 0 Å². The Morgan fingerprint density at radius 2 is 1.69 bits per heavy atom. The van der Waals surface area contributed by atoms with Crippen molar-refractivity contribution in [3.63, 3.8) is 0 Å². The first-order valence-electron chi connectivity index (χ1n) is 17.2. The molecule has 0 saturated carbocycles. The number of likely N-dealkylation sites (tertiary alicyclic amines) is 1. The van der Waals surface area contributed by atoms with Gasteiger partial charge in [-0.05, 0) is 76.7 Å². The third-order valence-corrected chi connectivity index (χ3v) is 10.3. The number of pyridine rings is 1. The number of piperidine rings is 1. The first kappa shape index (κ1) is 31.2. The fourth-order valence-electron chi connectivity index (χ4n) is 7.55. The summed E-state index contributed by atoms with van der Waals surface area (Å²) < 4.78 is 1.71. The summed E-state index contributed by atoms with van der Waals surface area (Å²) in [7, 11) is 2.22. The van der Waals surface area contributed by atoms with Crippen LogP contribution in [0.2, 0.25) is 0 Å². The fourth-order valence-corrected chi connectivity index (χ4v) is 7.55. The molecule has 2 N–H and O–H groups in total. The van der Waals surface area contributed by atoms with E-state index in [9.17, 15) is 4.79 Å². The van der Waals surface area contributed by atoms with Crippen LogP contribution in [-0.4, -0.2) is 91.6 Å². The van der Waals surface area contributed by atoms with Crippen LogP contribution < -0.4 is 15.8 Å². The van der Waals surface area contributed by atoms with Crippen molar-refractivity contribution in [1.82, 2.24) is 39.3 Å². The van der Waals surface area contributed by atoms with Gasteiger partial charge in [-0.25, -0.2) is 15.0 Å². The van der Waals surface area contributed by atoms with Crippen LogP contribution in [0.4, 0.5) is 11.5 Å². The van der Waals surface area contributed by atoms with Gasteiger partial charge in [-0.1, -0.05) is 30.3 Å². The number of para-hydroxylation sites is 1. The molecule has 11 nitrogen and oxygen atoms in total. The molecule has 11 heteroatoms. The Balaban J connectivity index is 1.10. The Kier molecular flexibility index (Phi) is 8.30. The highest BCUT2D eigenvalue weighted by atomic mass is 16.1. The molecule has 250 valence electrons. The monoisotopic (exact) mass is 654 g/mol. The van der Waals surface area contributed by atoms with Gasteiger partial charge in [0.2, 0.25) is 0 Å². The minimum Gasteiger partial charge on any atom is -0.368 e. The highest BCUT2D eigenvalue weighted by molar-refractivity contribution is 6.01. The number of H-pyrrole nitrogens is 1. The number of piperazine rings is 1. The fraction of sp³-hybridized carbons (Fsp3) is 0.342. The number of nitrogens with zero attached hydrogens (tertiary/aromatic N) is 8.